The lowest BCUT2D eigenvalue weighted by Crippen LogP contribution is -2.36. The van der Waals surface area contributed by atoms with E-state index in [-0.39, 0.29) is 18.1 Å². The molecule has 1 aromatic carbocycles. The van der Waals surface area contributed by atoms with Crippen LogP contribution in [0.3, 0.4) is 0 Å². The molecule has 0 aromatic heterocycles. The van der Waals surface area contributed by atoms with Gasteiger partial charge in [-0.15, -0.1) is 0 Å². The Morgan fingerprint density at radius 2 is 2.14 bits per heavy atom. The lowest BCUT2D eigenvalue weighted by molar-refractivity contribution is -0.384. The molecular formula is C14H16N2O5. The average Bonchev–Trinajstić information content (AvgIpc) is 3.25. The second-order valence-electron chi connectivity index (χ2n) is 5.38. The Labute approximate surface area is 121 Å². The zero-order chi connectivity index (χ0) is 15.6. The Morgan fingerprint density at radius 3 is 2.67 bits per heavy atom. The number of hydrogen-bond donors (Lipinski definition) is 2. The quantitative estimate of drug-likeness (QED) is 0.612. The van der Waals surface area contributed by atoms with Crippen molar-refractivity contribution in [3.63, 3.8) is 0 Å². The van der Waals surface area contributed by atoms with Crippen LogP contribution in [0.1, 0.15) is 31.2 Å². The first kappa shape index (κ1) is 15.0. The van der Waals surface area contributed by atoms with Crippen LogP contribution >= 0.6 is 0 Å². The van der Waals surface area contributed by atoms with Gasteiger partial charge in [0.25, 0.3) is 5.69 Å². The van der Waals surface area contributed by atoms with Crippen molar-refractivity contribution in [2.45, 2.75) is 25.7 Å². The molecule has 1 fully saturated rings. The molecule has 0 heterocycles. The fraction of sp³-hybridized carbons (Fsp3) is 0.429. The molecule has 7 nitrogen and oxygen atoms in total. The molecule has 7 heteroatoms. The van der Waals surface area contributed by atoms with Crippen LogP contribution in [0.4, 0.5) is 5.69 Å². The lowest BCUT2D eigenvalue weighted by atomic mass is 9.99. The van der Waals surface area contributed by atoms with Crippen molar-refractivity contribution in [1.29, 1.82) is 0 Å². The first-order valence-corrected chi connectivity index (χ1v) is 6.61. The molecule has 1 aromatic rings. The van der Waals surface area contributed by atoms with Gasteiger partial charge in [-0.3, -0.25) is 19.7 Å². The van der Waals surface area contributed by atoms with Gasteiger partial charge >= 0.3 is 5.97 Å². The second-order valence-corrected chi connectivity index (χ2v) is 5.38. The topological polar surface area (TPSA) is 110 Å². The molecule has 0 saturated heterocycles. The van der Waals surface area contributed by atoms with Gasteiger partial charge in [0.1, 0.15) is 0 Å². The summed E-state index contributed by atoms with van der Waals surface area (Å²) in [4.78, 5) is 33.3. The lowest BCUT2D eigenvalue weighted by Gasteiger charge is -2.15. The molecular weight excluding hydrogens is 276 g/mol. The highest BCUT2D eigenvalue weighted by molar-refractivity contribution is 5.85. The summed E-state index contributed by atoms with van der Waals surface area (Å²) >= 11 is 0. The molecule has 0 radical (unpaired) electrons. The number of benzene rings is 1. The van der Waals surface area contributed by atoms with Crippen molar-refractivity contribution in [3.8, 4) is 0 Å². The minimum atomic E-state index is -0.897. The number of hydrogen-bond acceptors (Lipinski definition) is 4. The number of carbonyl (C=O) groups is 2. The summed E-state index contributed by atoms with van der Waals surface area (Å²) in [5.41, 5.74) is -0.365. The number of carboxylic acids is 1. The highest BCUT2D eigenvalue weighted by Crippen LogP contribution is 2.45. The number of nitro groups is 1. The van der Waals surface area contributed by atoms with Crippen molar-refractivity contribution >= 4 is 17.6 Å². The summed E-state index contributed by atoms with van der Waals surface area (Å²) in [6, 6.07) is 5.88. The van der Waals surface area contributed by atoms with Gasteiger partial charge < -0.3 is 10.4 Å². The van der Waals surface area contributed by atoms with E-state index in [1.165, 1.54) is 18.2 Å². The van der Waals surface area contributed by atoms with Crippen LogP contribution in [-0.4, -0.2) is 28.5 Å². The van der Waals surface area contributed by atoms with Crippen LogP contribution in [0.2, 0.25) is 0 Å². The van der Waals surface area contributed by atoms with Gasteiger partial charge in [-0.2, -0.15) is 0 Å². The van der Waals surface area contributed by atoms with E-state index in [2.05, 4.69) is 5.32 Å². The van der Waals surface area contributed by atoms with Crippen LogP contribution in [0, 0.1) is 15.5 Å². The first-order chi connectivity index (χ1) is 9.85. The molecule has 2 N–H and O–H groups in total. The van der Waals surface area contributed by atoms with E-state index in [1.54, 1.807) is 13.0 Å². The SMILES string of the molecule is CC(C(=O)NCC1(C(=O)O)CC1)c1cccc([N+](=O)[O-])c1. The van der Waals surface area contributed by atoms with Gasteiger partial charge in [0.2, 0.25) is 5.91 Å². The molecule has 1 aliphatic carbocycles. The van der Waals surface area contributed by atoms with Crippen LogP contribution in [-0.2, 0) is 9.59 Å². The number of non-ortho nitro benzene ring substituents is 1. The van der Waals surface area contributed by atoms with Crippen molar-refractivity contribution in [1.82, 2.24) is 5.32 Å². The zero-order valence-corrected chi connectivity index (χ0v) is 11.5. The van der Waals surface area contributed by atoms with Gasteiger partial charge in [0, 0.05) is 18.7 Å². The summed E-state index contributed by atoms with van der Waals surface area (Å²) in [7, 11) is 0. The summed E-state index contributed by atoms with van der Waals surface area (Å²) in [6.07, 6.45) is 1.13. The van der Waals surface area contributed by atoms with E-state index in [9.17, 15) is 19.7 Å². The van der Waals surface area contributed by atoms with E-state index in [1.807, 2.05) is 0 Å². The van der Waals surface area contributed by atoms with Crippen molar-refractivity contribution in [2.24, 2.45) is 5.41 Å². The Balaban J connectivity index is 2.01. The number of aliphatic carboxylic acids is 1. The maximum Gasteiger partial charge on any atom is 0.311 e. The zero-order valence-electron chi connectivity index (χ0n) is 11.5. The fourth-order valence-electron chi connectivity index (χ4n) is 2.09. The summed E-state index contributed by atoms with van der Waals surface area (Å²) in [5.74, 6) is -1.80. The molecule has 0 aliphatic heterocycles. The summed E-state index contributed by atoms with van der Waals surface area (Å²) in [6.45, 7) is 1.73. The number of carbonyl (C=O) groups excluding carboxylic acids is 1. The second kappa shape index (κ2) is 5.51. The number of rotatable bonds is 6. The van der Waals surface area contributed by atoms with Crippen LogP contribution in [0.15, 0.2) is 24.3 Å². The van der Waals surface area contributed by atoms with Gasteiger partial charge in [-0.05, 0) is 25.3 Å². The third-order valence-corrected chi connectivity index (χ3v) is 3.88. The average molecular weight is 292 g/mol. The molecule has 1 amide bonds. The first-order valence-electron chi connectivity index (χ1n) is 6.61. The van der Waals surface area contributed by atoms with Gasteiger partial charge in [-0.25, -0.2) is 0 Å². The van der Waals surface area contributed by atoms with Crippen molar-refractivity contribution in [2.75, 3.05) is 6.54 Å². The third kappa shape index (κ3) is 3.18. The number of nitrogens with one attached hydrogen (secondary N) is 1. The Morgan fingerprint density at radius 1 is 1.48 bits per heavy atom. The Hall–Kier alpha value is -2.44. The van der Waals surface area contributed by atoms with Gasteiger partial charge in [0.05, 0.1) is 16.3 Å². The van der Waals surface area contributed by atoms with E-state index < -0.39 is 22.2 Å². The van der Waals surface area contributed by atoms with Crippen molar-refractivity contribution in [3.05, 3.63) is 39.9 Å². The molecule has 1 saturated carbocycles. The Bertz CT molecular complexity index is 595. The van der Waals surface area contributed by atoms with E-state index in [4.69, 9.17) is 5.11 Å². The maximum absolute atomic E-state index is 12.0. The minimum absolute atomic E-state index is 0.0728. The van der Waals surface area contributed by atoms with Crippen LogP contribution in [0.25, 0.3) is 0 Å². The summed E-state index contributed by atoms with van der Waals surface area (Å²) < 4.78 is 0. The predicted octanol–water partition coefficient (Wildman–Crippen LogP) is 1.68. The normalized spacial score (nSPS) is 16.8. The predicted molar refractivity (Wildman–Crippen MR) is 73.8 cm³/mol. The molecule has 0 spiro atoms. The molecule has 2 rings (SSSR count). The summed E-state index contributed by atoms with van der Waals surface area (Å²) in [5, 5.41) is 22.4. The smallest absolute Gasteiger partial charge is 0.311 e. The standard InChI is InChI=1S/C14H16N2O5/c1-9(10-3-2-4-11(7-10)16(20)21)12(17)15-8-14(5-6-14)13(18)19/h2-4,7,9H,5-6,8H2,1H3,(H,15,17)(H,18,19). The van der Waals surface area contributed by atoms with E-state index >= 15 is 0 Å². The highest BCUT2D eigenvalue weighted by atomic mass is 16.6. The monoisotopic (exact) mass is 292 g/mol. The van der Waals surface area contributed by atoms with Gasteiger partial charge in [0.15, 0.2) is 0 Å². The van der Waals surface area contributed by atoms with Crippen LogP contribution in [0.5, 0.6) is 0 Å². The molecule has 112 valence electrons. The van der Waals surface area contributed by atoms with Crippen LogP contribution < -0.4 is 5.32 Å². The number of carboxylic acid groups (broad SMARTS) is 1. The van der Waals surface area contributed by atoms with Gasteiger partial charge in [-0.1, -0.05) is 12.1 Å². The molecule has 1 unspecified atom stereocenters. The number of amides is 1. The largest absolute Gasteiger partial charge is 0.481 e. The molecule has 1 atom stereocenters. The van der Waals surface area contributed by atoms with E-state index in [0.717, 1.165) is 0 Å². The number of nitro benzene ring substituents is 1. The molecule has 0 bridgehead atoms. The highest BCUT2D eigenvalue weighted by Gasteiger charge is 2.50. The Kier molecular flexibility index (Phi) is 3.93. The minimum Gasteiger partial charge on any atom is -0.481 e. The van der Waals surface area contributed by atoms with E-state index in [0.29, 0.717) is 18.4 Å². The third-order valence-electron chi connectivity index (χ3n) is 3.88. The molecule has 1 aliphatic rings. The number of nitrogens with zero attached hydrogens (tertiary/aromatic N) is 1. The fourth-order valence-corrected chi connectivity index (χ4v) is 2.09. The maximum atomic E-state index is 12.0. The van der Waals surface area contributed by atoms with Crippen molar-refractivity contribution < 1.29 is 19.6 Å². The molecule has 21 heavy (non-hydrogen) atoms.